The van der Waals surface area contributed by atoms with Crippen molar-refractivity contribution in [2.24, 2.45) is 0 Å². The maximum absolute atomic E-state index is 11.1. The van der Waals surface area contributed by atoms with Crippen molar-refractivity contribution in [2.75, 3.05) is 46.9 Å². The normalized spacial score (nSPS) is 16.3. The summed E-state index contributed by atoms with van der Waals surface area (Å²) in [5, 5.41) is 11.1. The van der Waals surface area contributed by atoms with E-state index in [9.17, 15) is 10.1 Å². The Morgan fingerprint density at radius 3 is 2.29 bits per heavy atom. The molecular weight excluding hydrogens is 310 g/mol. The molecule has 4 rings (SSSR count). The monoisotopic (exact) mass is 327 g/mol. The van der Waals surface area contributed by atoms with Gasteiger partial charge in [-0.25, -0.2) is 11.0 Å². The number of fused-ring (bicyclic) bond motifs is 1. The smallest absolute Gasteiger partial charge is 0.297 e. The van der Waals surface area contributed by atoms with Crippen LogP contribution in [0, 0.1) is 10.1 Å². The van der Waals surface area contributed by atoms with Crippen LogP contribution in [0.2, 0.25) is 0 Å². The highest BCUT2D eigenvalue weighted by atomic mass is 16.8. The lowest BCUT2D eigenvalue weighted by atomic mass is 10.1. The summed E-state index contributed by atoms with van der Waals surface area (Å²) >= 11 is 0. The standard InChI is InChI=1S/C16H17N5O3/c22-21(23)14-7-6-13(15-16(14)18-24-17-15)20-10-8-19(9-11-20)12-4-2-1-3-5-12/h1-7,17-18H,8-11H2. The molecule has 2 heterocycles. The maximum atomic E-state index is 11.1. The van der Waals surface area contributed by atoms with Gasteiger partial charge in [-0.15, -0.1) is 0 Å². The van der Waals surface area contributed by atoms with Crippen LogP contribution >= 0.6 is 0 Å². The Balaban J connectivity index is 1.54. The van der Waals surface area contributed by atoms with Gasteiger partial charge in [-0.05, 0) is 18.2 Å². The molecule has 0 aromatic heterocycles. The molecule has 124 valence electrons. The van der Waals surface area contributed by atoms with Crippen LogP contribution in [-0.2, 0) is 4.94 Å². The van der Waals surface area contributed by atoms with E-state index < -0.39 is 4.92 Å². The number of benzene rings is 2. The number of para-hydroxylation sites is 1. The second-order valence-electron chi connectivity index (χ2n) is 5.73. The number of piperazine rings is 1. The molecule has 2 N–H and O–H groups in total. The fraction of sp³-hybridized carbons (Fsp3) is 0.250. The molecule has 2 aliphatic rings. The molecule has 0 saturated carbocycles. The van der Waals surface area contributed by atoms with Crippen LogP contribution in [-0.4, -0.2) is 31.1 Å². The Morgan fingerprint density at radius 2 is 1.58 bits per heavy atom. The Hall–Kier alpha value is -3.00. The molecule has 8 nitrogen and oxygen atoms in total. The predicted octanol–water partition coefficient (Wildman–Crippen LogP) is 2.61. The van der Waals surface area contributed by atoms with E-state index in [1.54, 1.807) is 6.07 Å². The van der Waals surface area contributed by atoms with Crippen molar-refractivity contribution in [1.82, 2.24) is 0 Å². The third-order valence-electron chi connectivity index (χ3n) is 4.41. The number of nitrogens with one attached hydrogen (secondary N) is 2. The van der Waals surface area contributed by atoms with E-state index in [1.165, 1.54) is 11.8 Å². The summed E-state index contributed by atoms with van der Waals surface area (Å²) in [5.41, 5.74) is 8.44. The lowest BCUT2D eigenvalue weighted by molar-refractivity contribution is -0.384. The Morgan fingerprint density at radius 1 is 0.917 bits per heavy atom. The number of nitrogens with zero attached hydrogens (tertiary/aromatic N) is 3. The van der Waals surface area contributed by atoms with Gasteiger partial charge in [0.15, 0.2) is 5.69 Å². The summed E-state index contributed by atoms with van der Waals surface area (Å²) in [5.74, 6) is 0. The van der Waals surface area contributed by atoms with Gasteiger partial charge in [0.2, 0.25) is 0 Å². The van der Waals surface area contributed by atoms with Gasteiger partial charge >= 0.3 is 0 Å². The summed E-state index contributed by atoms with van der Waals surface area (Å²) in [7, 11) is 0. The molecule has 0 unspecified atom stereocenters. The molecule has 2 aromatic carbocycles. The fourth-order valence-electron chi connectivity index (χ4n) is 3.17. The minimum Gasteiger partial charge on any atom is -0.368 e. The first kappa shape index (κ1) is 14.6. The number of nitro groups is 1. The van der Waals surface area contributed by atoms with Gasteiger partial charge in [0, 0.05) is 37.9 Å². The Labute approximate surface area is 138 Å². The average molecular weight is 327 g/mol. The third-order valence-corrected chi connectivity index (χ3v) is 4.41. The van der Waals surface area contributed by atoms with Crippen LogP contribution < -0.4 is 20.8 Å². The SMILES string of the molecule is O=[N+]([O-])c1ccc(N2CCN(c3ccccc3)CC2)c2c1NON2. The third kappa shape index (κ3) is 2.46. The van der Waals surface area contributed by atoms with Crippen molar-refractivity contribution in [3.63, 3.8) is 0 Å². The second kappa shape index (κ2) is 5.89. The second-order valence-corrected chi connectivity index (χ2v) is 5.73. The van der Waals surface area contributed by atoms with Gasteiger partial charge in [0.25, 0.3) is 5.69 Å². The van der Waals surface area contributed by atoms with E-state index in [0.29, 0.717) is 11.4 Å². The van der Waals surface area contributed by atoms with E-state index in [0.717, 1.165) is 31.9 Å². The number of hydrogen-bond acceptors (Lipinski definition) is 7. The minimum atomic E-state index is -0.417. The summed E-state index contributed by atoms with van der Waals surface area (Å²) < 4.78 is 0. The van der Waals surface area contributed by atoms with Crippen LogP contribution in [0.1, 0.15) is 0 Å². The fourth-order valence-corrected chi connectivity index (χ4v) is 3.17. The molecule has 1 saturated heterocycles. The molecule has 0 aliphatic carbocycles. The largest absolute Gasteiger partial charge is 0.368 e. The summed E-state index contributed by atoms with van der Waals surface area (Å²) in [4.78, 5) is 20.2. The zero-order valence-corrected chi connectivity index (χ0v) is 12.9. The predicted molar refractivity (Wildman–Crippen MR) is 92.3 cm³/mol. The molecule has 24 heavy (non-hydrogen) atoms. The highest BCUT2D eigenvalue weighted by Gasteiger charge is 2.29. The first-order valence-corrected chi connectivity index (χ1v) is 7.78. The van der Waals surface area contributed by atoms with Gasteiger partial charge in [0.1, 0.15) is 5.69 Å². The van der Waals surface area contributed by atoms with Gasteiger partial charge in [-0.3, -0.25) is 10.1 Å². The summed E-state index contributed by atoms with van der Waals surface area (Å²) in [6.07, 6.45) is 0. The number of nitro benzene ring substituents is 1. The van der Waals surface area contributed by atoms with Gasteiger partial charge in [-0.1, -0.05) is 18.2 Å². The highest BCUT2D eigenvalue weighted by molar-refractivity contribution is 5.90. The molecule has 8 heteroatoms. The van der Waals surface area contributed by atoms with Crippen molar-refractivity contribution < 1.29 is 9.86 Å². The van der Waals surface area contributed by atoms with Crippen LogP contribution in [0.5, 0.6) is 0 Å². The van der Waals surface area contributed by atoms with Crippen molar-refractivity contribution >= 4 is 28.4 Å². The van der Waals surface area contributed by atoms with Crippen LogP contribution in [0.4, 0.5) is 28.4 Å². The van der Waals surface area contributed by atoms with Crippen molar-refractivity contribution in [3.05, 3.63) is 52.6 Å². The van der Waals surface area contributed by atoms with Gasteiger partial charge in [-0.2, -0.15) is 4.94 Å². The van der Waals surface area contributed by atoms with Crippen molar-refractivity contribution in [2.45, 2.75) is 0 Å². The van der Waals surface area contributed by atoms with Crippen molar-refractivity contribution in [1.29, 1.82) is 0 Å². The van der Waals surface area contributed by atoms with E-state index in [-0.39, 0.29) is 5.69 Å². The molecule has 0 amide bonds. The van der Waals surface area contributed by atoms with Crippen LogP contribution in [0.25, 0.3) is 0 Å². The zero-order chi connectivity index (χ0) is 16.5. The highest BCUT2D eigenvalue weighted by Crippen LogP contribution is 2.43. The minimum absolute atomic E-state index is 0.00155. The molecule has 2 aliphatic heterocycles. The molecule has 0 radical (unpaired) electrons. The van der Waals surface area contributed by atoms with Gasteiger partial charge < -0.3 is 9.80 Å². The molecule has 1 fully saturated rings. The Kier molecular flexibility index (Phi) is 3.58. The van der Waals surface area contributed by atoms with Crippen LogP contribution in [0.15, 0.2) is 42.5 Å². The first-order chi connectivity index (χ1) is 11.7. The van der Waals surface area contributed by atoms with E-state index in [1.807, 2.05) is 18.2 Å². The number of anilines is 4. The molecule has 0 bridgehead atoms. The van der Waals surface area contributed by atoms with E-state index in [4.69, 9.17) is 4.94 Å². The molecule has 0 spiro atoms. The molecule has 0 atom stereocenters. The summed E-state index contributed by atoms with van der Waals surface area (Å²) in [6.45, 7) is 3.45. The average Bonchev–Trinajstić information content (AvgIpc) is 3.11. The maximum Gasteiger partial charge on any atom is 0.297 e. The van der Waals surface area contributed by atoms with E-state index >= 15 is 0 Å². The topological polar surface area (TPSA) is 82.9 Å². The van der Waals surface area contributed by atoms with Crippen molar-refractivity contribution in [3.8, 4) is 0 Å². The zero-order valence-electron chi connectivity index (χ0n) is 12.9. The Bertz CT molecular complexity index is 760. The van der Waals surface area contributed by atoms with Crippen LogP contribution in [0.3, 0.4) is 0 Å². The molecule has 2 aromatic rings. The lowest BCUT2D eigenvalue weighted by Gasteiger charge is -2.37. The summed E-state index contributed by atoms with van der Waals surface area (Å²) in [6, 6.07) is 13.6. The van der Waals surface area contributed by atoms with Gasteiger partial charge in [0.05, 0.1) is 10.6 Å². The van der Waals surface area contributed by atoms with E-state index in [2.05, 4.69) is 32.9 Å². The number of rotatable bonds is 3. The molecular formula is C16H17N5O3. The lowest BCUT2D eigenvalue weighted by Crippen LogP contribution is -2.46. The quantitative estimate of drug-likeness (QED) is 0.662. The first-order valence-electron chi connectivity index (χ1n) is 7.78. The number of hydrogen-bond donors (Lipinski definition) is 2.